The van der Waals surface area contributed by atoms with E-state index in [-0.39, 0.29) is 5.41 Å². The van der Waals surface area contributed by atoms with Gasteiger partial charge in [0.05, 0.1) is 13.2 Å². The molecule has 0 N–H and O–H groups in total. The summed E-state index contributed by atoms with van der Waals surface area (Å²) < 4.78 is 5.55. The molecule has 0 bridgehead atoms. The average molecular weight is 236 g/mol. The van der Waals surface area contributed by atoms with Crippen molar-refractivity contribution in [3.63, 3.8) is 0 Å². The molecular weight excluding hydrogens is 208 g/mol. The van der Waals surface area contributed by atoms with Crippen molar-refractivity contribution in [3.05, 3.63) is 12.2 Å². The first kappa shape index (κ1) is 16.3. The highest BCUT2D eigenvalue weighted by molar-refractivity contribution is 5.07. The van der Waals surface area contributed by atoms with Crippen molar-refractivity contribution in [1.82, 2.24) is 0 Å². The van der Waals surface area contributed by atoms with Crippen molar-refractivity contribution in [2.45, 2.75) is 54.4 Å². The van der Waals surface area contributed by atoms with E-state index in [1.807, 2.05) is 0 Å². The molecule has 0 heterocycles. The van der Waals surface area contributed by atoms with Crippen LogP contribution in [0.2, 0.25) is 0 Å². The summed E-state index contributed by atoms with van der Waals surface area (Å²) in [5.41, 5.74) is 1.56. The van der Waals surface area contributed by atoms with E-state index in [1.54, 1.807) is 0 Å². The lowest BCUT2D eigenvalue weighted by molar-refractivity contribution is 0.156. The molecule has 0 unspecified atom stereocenters. The fourth-order valence-corrected chi connectivity index (χ4v) is 1.47. The first-order chi connectivity index (χ1) is 7.60. The number of rotatable bonds is 5. The maximum absolute atomic E-state index is 5.55. The molecule has 0 aromatic rings. The smallest absolute Gasteiger partial charge is 0.0674 e. The summed E-state index contributed by atoms with van der Waals surface area (Å²) in [5.74, 6) is 6.34. The molecule has 0 aromatic heterocycles. The van der Waals surface area contributed by atoms with E-state index in [0.29, 0.717) is 18.6 Å². The molecule has 0 rings (SSSR count). The number of hydrogen-bond acceptors (Lipinski definition) is 1. The van der Waals surface area contributed by atoms with Crippen LogP contribution in [-0.4, -0.2) is 13.2 Å². The van der Waals surface area contributed by atoms with Crippen molar-refractivity contribution in [1.29, 1.82) is 0 Å². The molecule has 0 atom stereocenters. The van der Waals surface area contributed by atoms with Crippen LogP contribution in [0.25, 0.3) is 0 Å². The summed E-state index contributed by atoms with van der Waals surface area (Å²) in [6.45, 7) is 18.4. The van der Waals surface area contributed by atoms with E-state index in [1.165, 1.54) is 5.57 Å². The molecule has 17 heavy (non-hydrogen) atoms. The van der Waals surface area contributed by atoms with Crippen LogP contribution < -0.4 is 0 Å². The van der Waals surface area contributed by atoms with Gasteiger partial charge in [0.15, 0.2) is 0 Å². The van der Waals surface area contributed by atoms with Crippen LogP contribution >= 0.6 is 0 Å². The van der Waals surface area contributed by atoms with Gasteiger partial charge in [-0.3, -0.25) is 0 Å². The highest BCUT2D eigenvalue weighted by Crippen LogP contribution is 2.22. The first-order valence-electron chi connectivity index (χ1n) is 6.35. The van der Waals surface area contributed by atoms with Gasteiger partial charge in [-0.2, -0.15) is 0 Å². The summed E-state index contributed by atoms with van der Waals surface area (Å²) in [7, 11) is 0. The van der Waals surface area contributed by atoms with E-state index in [9.17, 15) is 0 Å². The molecule has 0 spiro atoms. The molecular formula is C16H28O. The predicted molar refractivity (Wildman–Crippen MR) is 75.9 cm³/mol. The zero-order valence-electron chi connectivity index (χ0n) is 12.4. The maximum Gasteiger partial charge on any atom is 0.0674 e. The van der Waals surface area contributed by atoms with Crippen LogP contribution in [0.5, 0.6) is 0 Å². The first-order valence-corrected chi connectivity index (χ1v) is 6.35. The van der Waals surface area contributed by atoms with Crippen molar-refractivity contribution in [3.8, 4) is 11.8 Å². The zero-order chi connectivity index (χ0) is 13.5. The topological polar surface area (TPSA) is 9.23 Å². The highest BCUT2D eigenvalue weighted by atomic mass is 16.5. The molecule has 0 radical (unpaired) electrons. The van der Waals surface area contributed by atoms with Gasteiger partial charge in [0.25, 0.3) is 0 Å². The third-order valence-corrected chi connectivity index (χ3v) is 1.92. The average Bonchev–Trinajstić information content (AvgIpc) is 2.06. The fourth-order valence-electron chi connectivity index (χ4n) is 1.47. The quantitative estimate of drug-likeness (QED) is 0.390. The molecule has 98 valence electrons. The SMILES string of the molecule is C=C(COCCC#CC(C)(C)C)CC(C)(C)C. The molecule has 0 amide bonds. The van der Waals surface area contributed by atoms with Gasteiger partial charge in [0.1, 0.15) is 0 Å². The summed E-state index contributed by atoms with van der Waals surface area (Å²) in [5, 5.41) is 0. The van der Waals surface area contributed by atoms with Gasteiger partial charge in [-0.15, -0.1) is 5.92 Å². The second-order valence-corrected chi connectivity index (χ2v) is 6.84. The van der Waals surface area contributed by atoms with Gasteiger partial charge < -0.3 is 4.74 Å². The fraction of sp³-hybridized carbons (Fsp3) is 0.750. The van der Waals surface area contributed by atoms with Gasteiger partial charge >= 0.3 is 0 Å². The lowest BCUT2D eigenvalue weighted by Gasteiger charge is -2.19. The number of hydrogen-bond donors (Lipinski definition) is 0. The van der Waals surface area contributed by atoms with Crippen molar-refractivity contribution >= 4 is 0 Å². The minimum Gasteiger partial charge on any atom is -0.376 e. The third-order valence-electron chi connectivity index (χ3n) is 1.92. The Morgan fingerprint density at radius 2 is 1.71 bits per heavy atom. The Morgan fingerprint density at radius 1 is 1.12 bits per heavy atom. The molecule has 0 aromatic carbocycles. The van der Waals surface area contributed by atoms with Gasteiger partial charge in [0.2, 0.25) is 0 Å². The Labute approximate surface area is 108 Å². The molecule has 0 aliphatic heterocycles. The highest BCUT2D eigenvalue weighted by Gasteiger charge is 2.11. The Bertz CT molecular complexity index is 288. The van der Waals surface area contributed by atoms with Crippen molar-refractivity contribution < 1.29 is 4.74 Å². The van der Waals surface area contributed by atoms with Crippen LogP contribution in [0, 0.1) is 22.7 Å². The molecule has 0 aliphatic rings. The summed E-state index contributed by atoms with van der Waals surface area (Å²) in [6, 6.07) is 0. The van der Waals surface area contributed by atoms with E-state index in [4.69, 9.17) is 4.74 Å². The van der Waals surface area contributed by atoms with Gasteiger partial charge in [0, 0.05) is 11.8 Å². The standard InChI is InChI=1S/C16H28O/c1-14(12-16(5,6)7)13-17-11-9-8-10-15(2,3)4/h1,9,11-13H2,2-7H3. The summed E-state index contributed by atoms with van der Waals surface area (Å²) in [4.78, 5) is 0. The molecule has 0 aliphatic carbocycles. The Morgan fingerprint density at radius 3 is 2.18 bits per heavy atom. The molecule has 0 saturated heterocycles. The lowest BCUT2D eigenvalue weighted by atomic mass is 9.89. The second-order valence-electron chi connectivity index (χ2n) is 6.84. The zero-order valence-corrected chi connectivity index (χ0v) is 12.4. The van der Waals surface area contributed by atoms with Gasteiger partial charge in [-0.05, 0) is 32.6 Å². The third kappa shape index (κ3) is 13.2. The molecule has 0 fully saturated rings. The van der Waals surface area contributed by atoms with E-state index in [0.717, 1.165) is 12.8 Å². The Balaban J connectivity index is 3.65. The monoisotopic (exact) mass is 236 g/mol. The molecule has 1 nitrogen and oxygen atoms in total. The van der Waals surface area contributed by atoms with Crippen LogP contribution in [0.4, 0.5) is 0 Å². The largest absolute Gasteiger partial charge is 0.376 e. The lowest BCUT2D eigenvalue weighted by Crippen LogP contribution is -2.09. The molecule has 0 saturated carbocycles. The van der Waals surface area contributed by atoms with Crippen LogP contribution in [0.3, 0.4) is 0 Å². The van der Waals surface area contributed by atoms with E-state index in [2.05, 4.69) is 60.0 Å². The van der Waals surface area contributed by atoms with Gasteiger partial charge in [-0.25, -0.2) is 0 Å². The predicted octanol–water partition coefficient (Wildman–Crippen LogP) is 4.44. The van der Waals surface area contributed by atoms with Gasteiger partial charge in [-0.1, -0.05) is 38.8 Å². The van der Waals surface area contributed by atoms with Crippen LogP contribution in [0.1, 0.15) is 54.4 Å². The number of ether oxygens (including phenoxy) is 1. The summed E-state index contributed by atoms with van der Waals surface area (Å²) in [6.07, 6.45) is 1.82. The van der Waals surface area contributed by atoms with Crippen molar-refractivity contribution in [2.24, 2.45) is 10.8 Å². The van der Waals surface area contributed by atoms with Crippen LogP contribution in [-0.2, 0) is 4.74 Å². The van der Waals surface area contributed by atoms with Crippen molar-refractivity contribution in [2.75, 3.05) is 13.2 Å². The Hall–Kier alpha value is -0.740. The molecule has 1 heteroatoms. The maximum atomic E-state index is 5.55. The minimum atomic E-state index is 0.0931. The Kier molecular flexibility index (Phi) is 6.57. The van der Waals surface area contributed by atoms with Crippen LogP contribution in [0.15, 0.2) is 12.2 Å². The van der Waals surface area contributed by atoms with E-state index >= 15 is 0 Å². The normalized spacial score (nSPS) is 11.9. The van der Waals surface area contributed by atoms with E-state index < -0.39 is 0 Å². The summed E-state index contributed by atoms with van der Waals surface area (Å²) >= 11 is 0. The minimum absolute atomic E-state index is 0.0931. The second kappa shape index (κ2) is 6.87.